The number of rotatable bonds is 8. The standard InChI is InChI=1S/C13H23N3O2S/c1-5-8-16(6-2)9-7-14-13-15-10(3)11(19-13)12(17)18-4/h5-9H2,1-4H3,(H,14,15). The van der Waals surface area contributed by atoms with Crippen LogP contribution in [0.3, 0.4) is 0 Å². The van der Waals surface area contributed by atoms with Crippen molar-refractivity contribution < 1.29 is 9.53 Å². The minimum absolute atomic E-state index is 0.316. The van der Waals surface area contributed by atoms with Crippen molar-refractivity contribution >= 4 is 22.4 Å². The SMILES string of the molecule is CCCN(CC)CCNc1nc(C)c(C(=O)OC)s1. The molecule has 19 heavy (non-hydrogen) atoms. The molecule has 6 heteroatoms. The van der Waals surface area contributed by atoms with Gasteiger partial charge >= 0.3 is 5.97 Å². The van der Waals surface area contributed by atoms with Crippen molar-refractivity contribution in [2.75, 3.05) is 38.6 Å². The molecule has 0 saturated heterocycles. The van der Waals surface area contributed by atoms with E-state index in [9.17, 15) is 4.79 Å². The second kappa shape index (κ2) is 8.12. The number of nitrogens with one attached hydrogen (secondary N) is 1. The molecule has 0 bridgehead atoms. The average molecular weight is 285 g/mol. The number of carbonyl (C=O) groups is 1. The molecule has 108 valence electrons. The summed E-state index contributed by atoms with van der Waals surface area (Å²) in [5.74, 6) is -0.316. The highest BCUT2D eigenvalue weighted by molar-refractivity contribution is 7.17. The van der Waals surface area contributed by atoms with Gasteiger partial charge in [0.1, 0.15) is 4.88 Å². The van der Waals surface area contributed by atoms with Gasteiger partial charge in [-0.05, 0) is 26.4 Å². The van der Waals surface area contributed by atoms with Gasteiger partial charge in [0.2, 0.25) is 0 Å². The zero-order valence-corrected chi connectivity index (χ0v) is 13.0. The molecule has 1 N–H and O–H groups in total. The van der Waals surface area contributed by atoms with E-state index >= 15 is 0 Å². The molecule has 1 rings (SSSR count). The van der Waals surface area contributed by atoms with E-state index in [-0.39, 0.29) is 5.97 Å². The number of hydrogen-bond donors (Lipinski definition) is 1. The quantitative estimate of drug-likeness (QED) is 0.743. The number of anilines is 1. The molecule has 1 aromatic heterocycles. The Kier molecular flexibility index (Phi) is 6.80. The van der Waals surface area contributed by atoms with E-state index in [0.29, 0.717) is 4.88 Å². The summed E-state index contributed by atoms with van der Waals surface area (Å²) >= 11 is 1.35. The Hall–Kier alpha value is -1.14. The zero-order valence-electron chi connectivity index (χ0n) is 12.2. The minimum atomic E-state index is -0.316. The van der Waals surface area contributed by atoms with Crippen LogP contribution in [0.1, 0.15) is 35.6 Å². The number of aryl methyl sites for hydroxylation is 1. The predicted octanol–water partition coefficient (Wildman–Crippen LogP) is 2.38. The molecular weight excluding hydrogens is 262 g/mol. The topological polar surface area (TPSA) is 54.5 Å². The van der Waals surface area contributed by atoms with Gasteiger partial charge in [0.05, 0.1) is 12.8 Å². The molecule has 0 aliphatic heterocycles. The fourth-order valence-corrected chi connectivity index (χ4v) is 2.73. The molecule has 0 unspecified atom stereocenters. The van der Waals surface area contributed by atoms with E-state index < -0.39 is 0 Å². The van der Waals surface area contributed by atoms with Crippen LogP contribution in [0.5, 0.6) is 0 Å². The van der Waals surface area contributed by atoms with Crippen LogP contribution in [0.25, 0.3) is 0 Å². The van der Waals surface area contributed by atoms with Crippen molar-refractivity contribution in [2.45, 2.75) is 27.2 Å². The Labute approximate surface area is 119 Å². The first-order valence-electron chi connectivity index (χ1n) is 6.64. The summed E-state index contributed by atoms with van der Waals surface area (Å²) in [6, 6.07) is 0. The molecule has 0 fully saturated rings. The lowest BCUT2D eigenvalue weighted by Crippen LogP contribution is -2.29. The second-order valence-electron chi connectivity index (χ2n) is 4.29. The van der Waals surface area contributed by atoms with Gasteiger partial charge < -0.3 is 15.0 Å². The van der Waals surface area contributed by atoms with Gasteiger partial charge in [0.15, 0.2) is 5.13 Å². The third-order valence-electron chi connectivity index (χ3n) is 2.86. The van der Waals surface area contributed by atoms with Crippen LogP contribution in [0, 0.1) is 6.92 Å². The number of likely N-dealkylation sites (N-methyl/N-ethyl adjacent to an activating group) is 1. The molecule has 0 spiro atoms. The van der Waals surface area contributed by atoms with Gasteiger partial charge in [-0.25, -0.2) is 9.78 Å². The average Bonchev–Trinajstić information content (AvgIpc) is 2.78. The summed E-state index contributed by atoms with van der Waals surface area (Å²) < 4.78 is 4.72. The summed E-state index contributed by atoms with van der Waals surface area (Å²) in [5, 5.41) is 4.05. The number of nitrogens with zero attached hydrogens (tertiary/aromatic N) is 2. The fraction of sp³-hybridized carbons (Fsp3) is 0.692. The third kappa shape index (κ3) is 4.80. The summed E-state index contributed by atoms with van der Waals surface area (Å²) in [6.07, 6.45) is 1.16. The van der Waals surface area contributed by atoms with Gasteiger partial charge in [0, 0.05) is 13.1 Å². The van der Waals surface area contributed by atoms with Crippen LogP contribution in [0.15, 0.2) is 0 Å². The third-order valence-corrected chi connectivity index (χ3v) is 3.95. The molecule has 1 heterocycles. The highest BCUT2D eigenvalue weighted by atomic mass is 32.1. The van der Waals surface area contributed by atoms with Crippen LogP contribution >= 0.6 is 11.3 Å². The maximum absolute atomic E-state index is 11.5. The van der Waals surface area contributed by atoms with Gasteiger partial charge in [0.25, 0.3) is 0 Å². The van der Waals surface area contributed by atoms with Gasteiger partial charge in [-0.2, -0.15) is 0 Å². The smallest absolute Gasteiger partial charge is 0.350 e. The Morgan fingerprint density at radius 1 is 1.42 bits per heavy atom. The summed E-state index contributed by atoms with van der Waals surface area (Å²) in [7, 11) is 1.39. The molecule has 0 atom stereocenters. The number of esters is 1. The van der Waals surface area contributed by atoms with Crippen LogP contribution < -0.4 is 5.32 Å². The number of thiazole rings is 1. The maximum Gasteiger partial charge on any atom is 0.350 e. The predicted molar refractivity (Wildman–Crippen MR) is 79.1 cm³/mol. The van der Waals surface area contributed by atoms with E-state index in [1.165, 1.54) is 18.4 Å². The second-order valence-corrected chi connectivity index (χ2v) is 5.29. The lowest BCUT2D eigenvalue weighted by atomic mass is 10.4. The zero-order chi connectivity index (χ0) is 14.3. The minimum Gasteiger partial charge on any atom is -0.465 e. The van der Waals surface area contributed by atoms with Crippen molar-refractivity contribution in [1.82, 2.24) is 9.88 Å². The van der Waals surface area contributed by atoms with Crippen LogP contribution in [-0.4, -0.2) is 49.1 Å². The Balaban J connectivity index is 2.47. The summed E-state index contributed by atoms with van der Waals surface area (Å²) in [5.41, 5.74) is 0.722. The van der Waals surface area contributed by atoms with Gasteiger partial charge in [-0.1, -0.05) is 25.2 Å². The Morgan fingerprint density at radius 3 is 2.74 bits per heavy atom. The molecule has 0 amide bonds. The van der Waals surface area contributed by atoms with Crippen molar-refractivity contribution in [2.24, 2.45) is 0 Å². The molecule has 0 aliphatic carbocycles. The summed E-state index contributed by atoms with van der Waals surface area (Å²) in [6.45, 7) is 10.2. The van der Waals surface area contributed by atoms with E-state index in [1.54, 1.807) is 0 Å². The number of carbonyl (C=O) groups excluding carboxylic acids is 1. The van der Waals surface area contributed by atoms with E-state index in [1.807, 2.05) is 6.92 Å². The van der Waals surface area contributed by atoms with Crippen LogP contribution in [-0.2, 0) is 4.74 Å². The van der Waals surface area contributed by atoms with Crippen LogP contribution in [0.2, 0.25) is 0 Å². The molecule has 1 aromatic rings. The monoisotopic (exact) mass is 285 g/mol. The van der Waals surface area contributed by atoms with Crippen molar-refractivity contribution in [3.05, 3.63) is 10.6 Å². The molecule has 0 radical (unpaired) electrons. The number of aromatic nitrogens is 1. The summed E-state index contributed by atoms with van der Waals surface area (Å²) in [4.78, 5) is 18.8. The van der Waals surface area contributed by atoms with Crippen molar-refractivity contribution in [3.8, 4) is 0 Å². The first-order chi connectivity index (χ1) is 9.12. The van der Waals surface area contributed by atoms with Crippen LogP contribution in [0.4, 0.5) is 5.13 Å². The van der Waals surface area contributed by atoms with E-state index in [4.69, 9.17) is 4.74 Å². The Bertz CT molecular complexity index is 407. The molecule has 0 aromatic carbocycles. The number of hydrogen-bond acceptors (Lipinski definition) is 6. The first kappa shape index (κ1) is 15.9. The van der Waals surface area contributed by atoms with Crippen molar-refractivity contribution in [3.63, 3.8) is 0 Å². The molecule has 0 saturated carbocycles. The van der Waals surface area contributed by atoms with Gasteiger partial charge in [-0.15, -0.1) is 0 Å². The molecule has 5 nitrogen and oxygen atoms in total. The van der Waals surface area contributed by atoms with E-state index in [2.05, 4.69) is 29.0 Å². The highest BCUT2D eigenvalue weighted by Gasteiger charge is 2.15. The van der Waals surface area contributed by atoms with Crippen molar-refractivity contribution in [1.29, 1.82) is 0 Å². The Morgan fingerprint density at radius 2 is 2.16 bits per heavy atom. The number of ether oxygens (including phenoxy) is 1. The van der Waals surface area contributed by atoms with E-state index in [0.717, 1.165) is 43.4 Å². The molecule has 0 aliphatic rings. The lowest BCUT2D eigenvalue weighted by Gasteiger charge is -2.19. The number of methoxy groups -OCH3 is 1. The maximum atomic E-state index is 11.5. The highest BCUT2D eigenvalue weighted by Crippen LogP contribution is 2.22. The molecular formula is C13H23N3O2S. The largest absolute Gasteiger partial charge is 0.465 e. The van der Waals surface area contributed by atoms with Gasteiger partial charge in [-0.3, -0.25) is 0 Å². The normalized spacial score (nSPS) is 10.8. The fourth-order valence-electron chi connectivity index (χ4n) is 1.82. The lowest BCUT2D eigenvalue weighted by molar-refractivity contribution is 0.0605. The first-order valence-corrected chi connectivity index (χ1v) is 7.45.